The van der Waals surface area contributed by atoms with Crippen LogP contribution in [0.4, 0.5) is 0 Å². The summed E-state index contributed by atoms with van der Waals surface area (Å²) in [6.07, 6.45) is 2.38. The summed E-state index contributed by atoms with van der Waals surface area (Å²) < 4.78 is 0. The monoisotopic (exact) mass is 796 g/mol. The Morgan fingerprint density at radius 2 is 0.900 bits per heavy atom. The van der Waals surface area contributed by atoms with E-state index < -0.39 is 20.8 Å². The molecule has 0 aliphatic rings. The summed E-state index contributed by atoms with van der Waals surface area (Å²) >= 11 is -0.826. The van der Waals surface area contributed by atoms with Gasteiger partial charge in [0.1, 0.15) is 0 Å². The van der Waals surface area contributed by atoms with E-state index in [4.69, 9.17) is 17.0 Å². The number of hydrogen-bond donors (Lipinski definition) is 0. The van der Waals surface area contributed by atoms with E-state index in [2.05, 4.69) is 167 Å². The van der Waals surface area contributed by atoms with E-state index in [9.17, 15) is 0 Å². The summed E-state index contributed by atoms with van der Waals surface area (Å²) in [4.78, 5) is 0. The molecule has 0 aliphatic heterocycles. The van der Waals surface area contributed by atoms with Crippen molar-refractivity contribution in [1.82, 2.24) is 0 Å². The molecule has 0 aliphatic carbocycles. The van der Waals surface area contributed by atoms with Crippen molar-refractivity contribution in [3.8, 4) is 22.3 Å². The topological polar surface area (TPSA) is 0 Å². The molecule has 0 fully saturated rings. The van der Waals surface area contributed by atoms with Gasteiger partial charge in [0, 0.05) is 9.52 Å². The molecule has 4 heteroatoms. The first-order chi connectivity index (χ1) is 23.9. The molecule has 0 heterocycles. The van der Waals surface area contributed by atoms with Crippen LogP contribution in [-0.4, -0.2) is 9.52 Å². The van der Waals surface area contributed by atoms with Crippen LogP contribution in [0.15, 0.2) is 84.9 Å². The van der Waals surface area contributed by atoms with Crippen LogP contribution in [0.5, 0.6) is 0 Å². The second-order valence-corrected chi connectivity index (χ2v) is 18.5. The Morgan fingerprint density at radius 3 is 1.22 bits per heavy atom. The molecule has 2 unspecified atom stereocenters. The minimum absolute atomic E-state index is 0.626. The molecule has 0 nitrogen and oxygen atoms in total. The van der Waals surface area contributed by atoms with Gasteiger partial charge in [-0.1, -0.05) is 101 Å². The number of hydrogen-bond acceptors (Lipinski definition) is 0. The summed E-state index contributed by atoms with van der Waals surface area (Å²) in [6, 6.07) is 31.9. The van der Waals surface area contributed by atoms with Crippen LogP contribution in [0.3, 0.4) is 0 Å². The van der Waals surface area contributed by atoms with E-state index in [0.717, 1.165) is 9.52 Å². The maximum atomic E-state index is 4.93. The SMILES string of the molecule is CCC(C)c1cc2c(-c3ccc(C)c(C)c3C)cccc2[cH-]1.CCC(C)c1cc2c(-c3ccc(C)c(C)c3C)cccc2[cH-]1.C[Si]C.[Cl][Zr+2][Cl]. The standard InChI is InChI=1S/2C22H25.C2H6Si.2ClH.Zr/c2*1-6-14(2)19-12-18-8-7-9-21(22(18)13-19)20-11-10-15(3)16(4)17(20)5;1-3-2;;;/h2*7-14H,6H2,1-5H3;1-2H3;2*1H;/q2*-1;;;;+4/p-2. The zero-order valence-electron chi connectivity index (χ0n) is 32.4. The van der Waals surface area contributed by atoms with Crippen molar-refractivity contribution in [3.05, 3.63) is 129 Å². The number of fused-ring (bicyclic) bond motifs is 2. The average Bonchev–Trinajstić information content (AvgIpc) is 3.76. The molecule has 0 spiro atoms. The summed E-state index contributed by atoms with van der Waals surface area (Å²) in [5.74, 6) is 1.25. The van der Waals surface area contributed by atoms with E-state index >= 15 is 0 Å². The van der Waals surface area contributed by atoms with Crippen molar-refractivity contribution in [2.75, 3.05) is 0 Å². The Morgan fingerprint density at radius 1 is 0.560 bits per heavy atom. The van der Waals surface area contributed by atoms with Crippen LogP contribution in [0.2, 0.25) is 13.1 Å². The van der Waals surface area contributed by atoms with Gasteiger partial charge in [0.05, 0.1) is 0 Å². The van der Waals surface area contributed by atoms with Crippen molar-refractivity contribution < 1.29 is 20.8 Å². The van der Waals surface area contributed by atoms with E-state index in [1.807, 2.05) is 0 Å². The predicted molar refractivity (Wildman–Crippen MR) is 225 cm³/mol. The van der Waals surface area contributed by atoms with Gasteiger partial charge in [-0.05, 0) is 97.9 Å². The number of halogens is 2. The zero-order valence-corrected chi connectivity index (χ0v) is 37.4. The summed E-state index contributed by atoms with van der Waals surface area (Å²) in [5.41, 5.74) is 16.8. The Balaban J connectivity index is 0.000000234. The fourth-order valence-corrected chi connectivity index (χ4v) is 6.52. The Hall–Kier alpha value is -2.22. The third kappa shape index (κ3) is 10.0. The van der Waals surface area contributed by atoms with E-state index in [-0.39, 0.29) is 0 Å². The molecule has 50 heavy (non-hydrogen) atoms. The summed E-state index contributed by atoms with van der Waals surface area (Å²) in [7, 11) is 11.0. The second kappa shape index (κ2) is 20.1. The van der Waals surface area contributed by atoms with Crippen LogP contribution in [0, 0.1) is 41.5 Å². The zero-order chi connectivity index (χ0) is 37.1. The molecule has 2 radical (unpaired) electrons. The molecule has 0 aromatic heterocycles. The van der Waals surface area contributed by atoms with Gasteiger partial charge < -0.3 is 0 Å². The van der Waals surface area contributed by atoms with E-state index in [0.29, 0.717) is 11.8 Å². The third-order valence-electron chi connectivity index (χ3n) is 10.6. The molecule has 6 rings (SSSR count). The van der Waals surface area contributed by atoms with Crippen LogP contribution < -0.4 is 0 Å². The Labute approximate surface area is 325 Å². The van der Waals surface area contributed by atoms with Crippen molar-refractivity contribution in [1.29, 1.82) is 0 Å². The molecule has 0 saturated heterocycles. The van der Waals surface area contributed by atoms with Crippen LogP contribution in [-0.2, 0) is 20.8 Å². The first kappa shape index (κ1) is 42.2. The molecule has 0 bridgehead atoms. The van der Waals surface area contributed by atoms with Gasteiger partial charge >= 0.3 is 37.9 Å². The maximum absolute atomic E-state index is 4.93. The number of rotatable bonds is 6. The molecule has 6 aromatic rings. The molecular formula is C46H56Cl2SiZr. The van der Waals surface area contributed by atoms with E-state index in [1.165, 1.54) is 101 Å². The molecule has 0 amide bonds. The third-order valence-corrected chi connectivity index (χ3v) is 10.6. The summed E-state index contributed by atoms with van der Waals surface area (Å²) in [5, 5.41) is 5.52. The molecule has 262 valence electrons. The van der Waals surface area contributed by atoms with Gasteiger partial charge in [-0.2, -0.15) is 12.1 Å². The average molecular weight is 799 g/mol. The van der Waals surface area contributed by atoms with Crippen LogP contribution in [0.25, 0.3) is 43.8 Å². The van der Waals surface area contributed by atoms with Gasteiger partial charge in [-0.15, -0.1) is 69.1 Å². The van der Waals surface area contributed by atoms with Gasteiger partial charge in [0.15, 0.2) is 0 Å². The van der Waals surface area contributed by atoms with Crippen LogP contribution >= 0.6 is 17.0 Å². The molecule has 0 saturated carbocycles. The quantitative estimate of drug-likeness (QED) is 0.116. The van der Waals surface area contributed by atoms with Crippen molar-refractivity contribution in [2.24, 2.45) is 0 Å². The van der Waals surface area contributed by atoms with E-state index in [1.54, 1.807) is 0 Å². The van der Waals surface area contributed by atoms with Crippen LogP contribution in [0.1, 0.15) is 96.9 Å². The van der Waals surface area contributed by atoms with Gasteiger partial charge in [-0.3, -0.25) is 0 Å². The number of aryl methyl sites for hydroxylation is 2. The summed E-state index contributed by atoms with van der Waals surface area (Å²) in [6.45, 7) is 26.8. The predicted octanol–water partition coefficient (Wildman–Crippen LogP) is 15.5. The van der Waals surface area contributed by atoms with Crippen molar-refractivity contribution in [3.63, 3.8) is 0 Å². The van der Waals surface area contributed by atoms with Gasteiger partial charge in [-0.25, -0.2) is 0 Å². The first-order valence-corrected chi connectivity index (χ1v) is 26.3. The van der Waals surface area contributed by atoms with Crippen molar-refractivity contribution >= 4 is 48.1 Å². The fraction of sp³-hybridized carbons (Fsp3) is 0.348. The Kier molecular flexibility index (Phi) is 17.0. The molecular weight excluding hydrogens is 743 g/mol. The minimum atomic E-state index is -0.826. The number of benzene rings is 4. The van der Waals surface area contributed by atoms with Gasteiger partial charge in [0.2, 0.25) is 0 Å². The van der Waals surface area contributed by atoms with Crippen molar-refractivity contribution in [2.45, 2.75) is 107 Å². The molecule has 0 N–H and O–H groups in total. The second-order valence-electron chi connectivity index (χ2n) is 13.7. The Bertz CT molecular complexity index is 1830. The normalized spacial score (nSPS) is 11.8. The van der Waals surface area contributed by atoms with Gasteiger partial charge in [0.25, 0.3) is 0 Å². The fourth-order valence-electron chi connectivity index (χ4n) is 6.52. The first-order valence-electron chi connectivity index (χ1n) is 18.0. The molecule has 6 aromatic carbocycles. The molecule has 2 atom stereocenters.